The number of pyridine rings is 1. The van der Waals surface area contributed by atoms with Crippen LogP contribution in [0.2, 0.25) is 0 Å². The lowest BCUT2D eigenvalue weighted by molar-refractivity contribution is -0.132. The molecule has 2 heterocycles. The first-order valence-corrected chi connectivity index (χ1v) is 8.86. The first-order valence-electron chi connectivity index (χ1n) is 8.86. The highest BCUT2D eigenvalue weighted by molar-refractivity contribution is 5.79. The fraction of sp³-hybridized carbons (Fsp3) is 0.238. The SMILES string of the molecule is O=C(COc1ccc(F)cc1)N1CC[C@H](Oc2ccc3ccccc3n2)C1. The molecule has 0 spiro atoms. The average molecular weight is 366 g/mol. The third-order valence-corrected chi connectivity index (χ3v) is 4.53. The molecule has 0 radical (unpaired) electrons. The minimum atomic E-state index is -0.337. The van der Waals surface area contributed by atoms with Gasteiger partial charge in [0.25, 0.3) is 5.91 Å². The molecule has 1 aliphatic heterocycles. The Labute approximate surface area is 156 Å². The molecule has 3 aromatic rings. The van der Waals surface area contributed by atoms with Gasteiger partial charge in [0.1, 0.15) is 17.7 Å². The first-order chi connectivity index (χ1) is 13.2. The fourth-order valence-corrected chi connectivity index (χ4v) is 3.10. The Morgan fingerprint density at radius 3 is 2.78 bits per heavy atom. The molecule has 0 saturated carbocycles. The molecule has 0 N–H and O–H groups in total. The molecule has 1 atom stereocenters. The lowest BCUT2D eigenvalue weighted by atomic mass is 10.2. The lowest BCUT2D eigenvalue weighted by Crippen LogP contribution is -2.34. The van der Waals surface area contributed by atoms with Gasteiger partial charge in [-0.2, -0.15) is 0 Å². The molecule has 5 nitrogen and oxygen atoms in total. The summed E-state index contributed by atoms with van der Waals surface area (Å²) in [6, 6.07) is 17.3. The summed E-state index contributed by atoms with van der Waals surface area (Å²) in [7, 11) is 0. The number of fused-ring (bicyclic) bond motifs is 1. The fourth-order valence-electron chi connectivity index (χ4n) is 3.10. The van der Waals surface area contributed by atoms with E-state index in [0.717, 1.165) is 17.3 Å². The summed E-state index contributed by atoms with van der Waals surface area (Å²) in [5.74, 6) is 0.583. The topological polar surface area (TPSA) is 51.7 Å². The van der Waals surface area contributed by atoms with Crippen molar-refractivity contribution < 1.29 is 18.7 Å². The zero-order valence-electron chi connectivity index (χ0n) is 14.7. The Morgan fingerprint density at radius 1 is 1.11 bits per heavy atom. The second-order valence-electron chi connectivity index (χ2n) is 6.45. The zero-order chi connectivity index (χ0) is 18.6. The van der Waals surface area contributed by atoms with Crippen molar-refractivity contribution in [1.29, 1.82) is 0 Å². The zero-order valence-corrected chi connectivity index (χ0v) is 14.7. The van der Waals surface area contributed by atoms with Crippen LogP contribution >= 0.6 is 0 Å². The monoisotopic (exact) mass is 366 g/mol. The van der Waals surface area contributed by atoms with Crippen LogP contribution in [0.25, 0.3) is 10.9 Å². The van der Waals surface area contributed by atoms with Gasteiger partial charge in [0.05, 0.1) is 12.1 Å². The number of carbonyl (C=O) groups excluding carboxylic acids is 1. The van der Waals surface area contributed by atoms with Crippen LogP contribution in [0.4, 0.5) is 4.39 Å². The number of rotatable bonds is 5. The summed E-state index contributed by atoms with van der Waals surface area (Å²) in [4.78, 5) is 18.5. The van der Waals surface area contributed by atoms with Crippen LogP contribution in [0.3, 0.4) is 0 Å². The van der Waals surface area contributed by atoms with Gasteiger partial charge in [-0.05, 0) is 36.4 Å². The smallest absolute Gasteiger partial charge is 0.260 e. The number of aromatic nitrogens is 1. The van der Waals surface area contributed by atoms with Crippen molar-refractivity contribution in [2.45, 2.75) is 12.5 Å². The molecular formula is C21H19FN2O3. The van der Waals surface area contributed by atoms with E-state index in [9.17, 15) is 9.18 Å². The van der Waals surface area contributed by atoms with Gasteiger partial charge in [-0.3, -0.25) is 4.79 Å². The minimum absolute atomic E-state index is 0.0768. The molecule has 1 amide bonds. The third-order valence-electron chi connectivity index (χ3n) is 4.53. The maximum atomic E-state index is 12.9. The van der Waals surface area contributed by atoms with Crippen LogP contribution in [-0.4, -0.2) is 41.6 Å². The molecule has 1 aromatic heterocycles. The number of nitrogens with zero attached hydrogens (tertiary/aromatic N) is 2. The lowest BCUT2D eigenvalue weighted by Gasteiger charge is -2.17. The predicted molar refractivity (Wildman–Crippen MR) is 99.3 cm³/mol. The summed E-state index contributed by atoms with van der Waals surface area (Å²) in [6.07, 6.45) is 0.657. The standard InChI is InChI=1S/C21H19FN2O3/c22-16-6-8-17(9-7-16)26-14-21(25)24-12-11-18(13-24)27-20-10-5-15-3-1-2-4-19(15)23-20/h1-10,18H,11-14H2/t18-/m0/s1. The molecule has 4 rings (SSSR count). The van der Waals surface area contributed by atoms with Gasteiger partial charge in [0.2, 0.25) is 5.88 Å². The van der Waals surface area contributed by atoms with Gasteiger partial charge in [-0.15, -0.1) is 0 Å². The normalized spacial score (nSPS) is 16.5. The number of hydrogen-bond acceptors (Lipinski definition) is 4. The molecule has 1 saturated heterocycles. The molecule has 27 heavy (non-hydrogen) atoms. The van der Waals surface area contributed by atoms with Crippen LogP contribution in [0.1, 0.15) is 6.42 Å². The molecule has 2 aromatic carbocycles. The van der Waals surface area contributed by atoms with Crippen LogP contribution in [0.5, 0.6) is 11.6 Å². The number of amides is 1. The average Bonchev–Trinajstić information content (AvgIpc) is 3.16. The largest absolute Gasteiger partial charge is 0.484 e. The van der Waals surface area contributed by atoms with Crippen LogP contribution < -0.4 is 9.47 Å². The van der Waals surface area contributed by atoms with Gasteiger partial charge < -0.3 is 14.4 Å². The van der Waals surface area contributed by atoms with Crippen molar-refractivity contribution in [3.05, 3.63) is 66.5 Å². The number of benzene rings is 2. The maximum Gasteiger partial charge on any atom is 0.260 e. The summed E-state index contributed by atoms with van der Waals surface area (Å²) in [5.41, 5.74) is 0.883. The van der Waals surface area contributed by atoms with E-state index in [1.54, 1.807) is 4.90 Å². The molecule has 0 bridgehead atoms. The van der Waals surface area contributed by atoms with Crippen LogP contribution in [0, 0.1) is 5.82 Å². The summed E-state index contributed by atoms with van der Waals surface area (Å²) < 4.78 is 24.3. The quantitative estimate of drug-likeness (QED) is 0.694. The van der Waals surface area contributed by atoms with Crippen molar-refractivity contribution in [2.75, 3.05) is 19.7 Å². The number of halogens is 1. The molecule has 1 fully saturated rings. The predicted octanol–water partition coefficient (Wildman–Crippen LogP) is 3.43. The van der Waals surface area contributed by atoms with Crippen molar-refractivity contribution in [3.63, 3.8) is 0 Å². The maximum absolute atomic E-state index is 12.9. The van der Waals surface area contributed by atoms with E-state index in [-0.39, 0.29) is 24.4 Å². The number of carbonyl (C=O) groups is 1. The first kappa shape index (κ1) is 17.3. The number of likely N-dealkylation sites (tertiary alicyclic amines) is 1. The second-order valence-corrected chi connectivity index (χ2v) is 6.45. The Hall–Kier alpha value is -3.15. The highest BCUT2D eigenvalue weighted by Crippen LogP contribution is 2.20. The molecule has 0 unspecified atom stereocenters. The van der Waals surface area contributed by atoms with E-state index in [4.69, 9.17) is 9.47 Å². The Balaban J connectivity index is 1.31. The van der Waals surface area contributed by atoms with Gasteiger partial charge in [0, 0.05) is 24.4 Å². The Bertz CT molecular complexity index is 946. The van der Waals surface area contributed by atoms with E-state index in [1.165, 1.54) is 24.3 Å². The van der Waals surface area contributed by atoms with E-state index in [0.29, 0.717) is 24.7 Å². The molecular weight excluding hydrogens is 347 g/mol. The van der Waals surface area contributed by atoms with Crippen LogP contribution in [0.15, 0.2) is 60.7 Å². The van der Waals surface area contributed by atoms with Gasteiger partial charge in [-0.1, -0.05) is 18.2 Å². The second kappa shape index (κ2) is 7.61. The van der Waals surface area contributed by atoms with Crippen molar-refractivity contribution >= 4 is 16.8 Å². The molecule has 1 aliphatic rings. The summed E-state index contributed by atoms with van der Waals surface area (Å²) in [6.45, 7) is 1.04. The van der Waals surface area contributed by atoms with Gasteiger partial charge in [-0.25, -0.2) is 9.37 Å². The molecule has 0 aliphatic carbocycles. The molecule has 138 valence electrons. The summed E-state index contributed by atoms with van der Waals surface area (Å²) in [5, 5.41) is 1.06. The number of ether oxygens (including phenoxy) is 2. The minimum Gasteiger partial charge on any atom is -0.484 e. The number of para-hydroxylation sites is 1. The van der Waals surface area contributed by atoms with E-state index >= 15 is 0 Å². The van der Waals surface area contributed by atoms with Gasteiger partial charge in [0.15, 0.2) is 6.61 Å². The third kappa shape index (κ3) is 4.16. The van der Waals surface area contributed by atoms with E-state index < -0.39 is 0 Å². The van der Waals surface area contributed by atoms with Crippen LogP contribution in [-0.2, 0) is 4.79 Å². The van der Waals surface area contributed by atoms with Gasteiger partial charge >= 0.3 is 0 Å². The summed E-state index contributed by atoms with van der Waals surface area (Å²) >= 11 is 0. The van der Waals surface area contributed by atoms with E-state index in [2.05, 4.69) is 4.98 Å². The van der Waals surface area contributed by atoms with Crippen molar-refractivity contribution in [2.24, 2.45) is 0 Å². The number of hydrogen-bond donors (Lipinski definition) is 0. The van der Waals surface area contributed by atoms with Crippen molar-refractivity contribution in [1.82, 2.24) is 9.88 Å². The van der Waals surface area contributed by atoms with E-state index in [1.807, 2.05) is 36.4 Å². The Kier molecular flexibility index (Phi) is 4.87. The highest BCUT2D eigenvalue weighted by atomic mass is 19.1. The van der Waals surface area contributed by atoms with Crippen molar-refractivity contribution in [3.8, 4) is 11.6 Å². The highest BCUT2D eigenvalue weighted by Gasteiger charge is 2.28. The molecule has 6 heteroatoms. The Morgan fingerprint density at radius 2 is 1.93 bits per heavy atom.